The number of para-hydroxylation sites is 1. The zero-order valence-corrected chi connectivity index (χ0v) is 19.5. The molecule has 2 aromatic carbocycles. The highest BCUT2D eigenvalue weighted by Crippen LogP contribution is 2.34. The van der Waals surface area contributed by atoms with Gasteiger partial charge in [-0.25, -0.2) is 4.98 Å². The van der Waals surface area contributed by atoms with Gasteiger partial charge in [-0.1, -0.05) is 43.3 Å². The fourth-order valence-electron chi connectivity index (χ4n) is 3.87. The van der Waals surface area contributed by atoms with Crippen LogP contribution in [-0.2, 0) is 23.9 Å². The molecule has 0 saturated carbocycles. The number of ketones is 1. The lowest BCUT2D eigenvalue weighted by Gasteiger charge is -2.16. The quantitative estimate of drug-likeness (QED) is 0.377. The van der Waals surface area contributed by atoms with E-state index in [2.05, 4.69) is 10.3 Å². The number of carbonyl (C=O) groups excluding carboxylic acids is 2. The first-order valence-electron chi connectivity index (χ1n) is 11.2. The van der Waals surface area contributed by atoms with Crippen LogP contribution < -0.4 is 10.7 Å². The van der Waals surface area contributed by atoms with E-state index < -0.39 is 41.1 Å². The number of aryl methyl sites for hydroxylation is 2. The van der Waals surface area contributed by atoms with Crippen molar-refractivity contribution < 1.29 is 22.8 Å². The third kappa shape index (κ3) is 5.05. The third-order valence-corrected chi connectivity index (χ3v) is 5.75. The second-order valence-electron chi connectivity index (χ2n) is 8.29. The van der Waals surface area contributed by atoms with Crippen LogP contribution in [0.3, 0.4) is 0 Å². The van der Waals surface area contributed by atoms with Crippen LogP contribution >= 0.6 is 0 Å². The molecule has 184 valence electrons. The van der Waals surface area contributed by atoms with Crippen molar-refractivity contribution in [1.82, 2.24) is 9.55 Å². The molecule has 0 fully saturated rings. The van der Waals surface area contributed by atoms with E-state index in [4.69, 9.17) is 0 Å². The molecule has 1 N–H and O–H groups in total. The van der Waals surface area contributed by atoms with E-state index in [9.17, 15) is 27.6 Å². The van der Waals surface area contributed by atoms with E-state index in [1.54, 1.807) is 37.3 Å². The Balaban J connectivity index is 1.75. The summed E-state index contributed by atoms with van der Waals surface area (Å²) in [7, 11) is 0. The van der Waals surface area contributed by atoms with E-state index in [1.807, 2.05) is 6.92 Å². The van der Waals surface area contributed by atoms with Gasteiger partial charge in [-0.3, -0.25) is 14.4 Å². The number of aromatic nitrogens is 2. The number of nitrogens with zero attached hydrogens (tertiary/aromatic N) is 2. The van der Waals surface area contributed by atoms with Crippen LogP contribution in [0.5, 0.6) is 0 Å². The minimum Gasteiger partial charge on any atom is -0.324 e. The molecule has 0 saturated heterocycles. The lowest BCUT2D eigenvalue weighted by atomic mass is 10.0. The van der Waals surface area contributed by atoms with Gasteiger partial charge < -0.3 is 9.88 Å². The highest BCUT2D eigenvalue weighted by Gasteiger charge is 2.33. The van der Waals surface area contributed by atoms with Crippen molar-refractivity contribution in [3.05, 3.63) is 105 Å². The number of benzene rings is 2. The molecule has 0 aliphatic rings. The van der Waals surface area contributed by atoms with E-state index in [1.165, 1.54) is 29.0 Å². The number of carbonyl (C=O) groups is 2. The molecule has 0 bridgehead atoms. The Kier molecular flexibility index (Phi) is 6.74. The first-order chi connectivity index (χ1) is 17.1. The molecular formula is C27H22F3N3O3. The lowest BCUT2D eigenvalue weighted by molar-refractivity contribution is -0.137. The van der Waals surface area contributed by atoms with Crippen molar-refractivity contribution >= 4 is 28.4 Å². The maximum Gasteiger partial charge on any atom is 0.418 e. The fourth-order valence-corrected chi connectivity index (χ4v) is 3.87. The topological polar surface area (TPSA) is 81.1 Å². The minimum absolute atomic E-state index is 0.125. The number of anilines is 1. The molecule has 36 heavy (non-hydrogen) atoms. The smallest absolute Gasteiger partial charge is 0.324 e. The third-order valence-electron chi connectivity index (χ3n) is 5.75. The number of pyridine rings is 2. The molecule has 0 atom stereocenters. The summed E-state index contributed by atoms with van der Waals surface area (Å²) in [6.45, 7) is 3.21. The van der Waals surface area contributed by atoms with Crippen LogP contribution in [-0.4, -0.2) is 21.2 Å². The van der Waals surface area contributed by atoms with E-state index in [0.717, 1.165) is 24.1 Å². The second kappa shape index (κ2) is 9.77. The SMILES string of the molecule is CCc1ccc(C(=O)c2cn(CC(=O)Nc3ccccc3C(F)(F)F)c3nc(C)ccc3c2=O)cc1. The molecule has 0 radical (unpaired) electrons. The van der Waals surface area contributed by atoms with Gasteiger partial charge in [-0.05, 0) is 43.2 Å². The van der Waals surface area contributed by atoms with Crippen molar-refractivity contribution in [3.63, 3.8) is 0 Å². The van der Waals surface area contributed by atoms with Crippen LogP contribution in [0, 0.1) is 6.92 Å². The molecule has 0 aliphatic heterocycles. The van der Waals surface area contributed by atoms with Gasteiger partial charge >= 0.3 is 6.18 Å². The molecule has 0 aliphatic carbocycles. The van der Waals surface area contributed by atoms with Gasteiger partial charge in [0.15, 0.2) is 5.78 Å². The van der Waals surface area contributed by atoms with Crippen LogP contribution in [0.25, 0.3) is 11.0 Å². The Morgan fingerprint density at radius 3 is 2.36 bits per heavy atom. The van der Waals surface area contributed by atoms with Crippen molar-refractivity contribution in [2.45, 2.75) is 33.0 Å². The minimum atomic E-state index is -4.65. The second-order valence-corrected chi connectivity index (χ2v) is 8.29. The summed E-state index contributed by atoms with van der Waals surface area (Å²) in [5, 5.41) is 2.41. The molecule has 4 rings (SSSR count). The summed E-state index contributed by atoms with van der Waals surface area (Å²) in [6.07, 6.45) is -2.63. The summed E-state index contributed by atoms with van der Waals surface area (Å²) in [5.41, 5.74) is -0.0380. The van der Waals surface area contributed by atoms with Gasteiger partial charge in [0.25, 0.3) is 0 Å². The standard InChI is InChI=1S/C27H22F3N3O3/c1-3-17-9-11-18(12-10-17)24(35)20-14-33(26-19(25(20)36)13-8-16(2)31-26)15-23(34)32-22-7-5-4-6-21(22)27(28,29)30/h4-14H,3,15H2,1-2H3,(H,32,34). The number of fused-ring (bicyclic) bond motifs is 1. The first kappa shape index (κ1) is 24.8. The molecule has 1 amide bonds. The Labute approximate surface area is 204 Å². The lowest BCUT2D eigenvalue weighted by Crippen LogP contribution is -2.25. The molecule has 6 nitrogen and oxygen atoms in total. The Hall–Kier alpha value is -4.27. The molecule has 0 unspecified atom stereocenters. The Morgan fingerprint density at radius 2 is 1.69 bits per heavy atom. The zero-order valence-electron chi connectivity index (χ0n) is 19.5. The van der Waals surface area contributed by atoms with Gasteiger partial charge in [-0.2, -0.15) is 13.2 Å². The number of nitrogens with one attached hydrogen (secondary N) is 1. The average molecular weight is 493 g/mol. The van der Waals surface area contributed by atoms with E-state index in [0.29, 0.717) is 11.3 Å². The van der Waals surface area contributed by atoms with Crippen LogP contribution in [0.15, 0.2) is 71.7 Å². The summed E-state index contributed by atoms with van der Waals surface area (Å²) < 4.78 is 41.3. The predicted octanol–water partition coefficient (Wildman–Crippen LogP) is 5.16. The van der Waals surface area contributed by atoms with Gasteiger partial charge in [-0.15, -0.1) is 0 Å². The maximum absolute atomic E-state index is 13.3. The molecule has 2 heterocycles. The number of hydrogen-bond acceptors (Lipinski definition) is 4. The van der Waals surface area contributed by atoms with Gasteiger partial charge in [0.1, 0.15) is 12.2 Å². The predicted molar refractivity (Wildman–Crippen MR) is 130 cm³/mol. The first-order valence-corrected chi connectivity index (χ1v) is 11.2. The summed E-state index contributed by atoms with van der Waals surface area (Å²) in [6, 6.07) is 14.6. The summed E-state index contributed by atoms with van der Waals surface area (Å²) in [4.78, 5) is 43.5. The summed E-state index contributed by atoms with van der Waals surface area (Å²) in [5.74, 6) is -1.30. The molecule has 9 heteroatoms. The van der Waals surface area contributed by atoms with Crippen molar-refractivity contribution in [3.8, 4) is 0 Å². The number of halogens is 3. The Bertz CT molecular complexity index is 1520. The van der Waals surface area contributed by atoms with Crippen molar-refractivity contribution in [2.75, 3.05) is 5.32 Å². The zero-order chi connectivity index (χ0) is 26.0. The van der Waals surface area contributed by atoms with Crippen LogP contribution in [0.1, 0.15) is 39.7 Å². The van der Waals surface area contributed by atoms with Gasteiger partial charge in [0, 0.05) is 17.5 Å². The van der Waals surface area contributed by atoms with Crippen LogP contribution in [0.4, 0.5) is 18.9 Å². The number of rotatable bonds is 6. The van der Waals surface area contributed by atoms with E-state index in [-0.39, 0.29) is 16.6 Å². The van der Waals surface area contributed by atoms with Gasteiger partial charge in [0.2, 0.25) is 11.3 Å². The normalized spacial score (nSPS) is 11.5. The average Bonchev–Trinajstić information content (AvgIpc) is 2.85. The molecule has 4 aromatic rings. The highest BCUT2D eigenvalue weighted by molar-refractivity contribution is 6.10. The fraction of sp³-hybridized carbons (Fsp3) is 0.185. The number of hydrogen-bond donors (Lipinski definition) is 1. The van der Waals surface area contributed by atoms with Crippen molar-refractivity contribution in [1.29, 1.82) is 0 Å². The Morgan fingerprint density at radius 1 is 1.00 bits per heavy atom. The van der Waals surface area contributed by atoms with Crippen LogP contribution in [0.2, 0.25) is 0 Å². The number of alkyl halides is 3. The van der Waals surface area contributed by atoms with Gasteiger partial charge in [0.05, 0.1) is 22.2 Å². The summed E-state index contributed by atoms with van der Waals surface area (Å²) >= 11 is 0. The van der Waals surface area contributed by atoms with Crippen molar-refractivity contribution in [2.24, 2.45) is 0 Å². The maximum atomic E-state index is 13.3. The molecular weight excluding hydrogens is 471 g/mol. The molecule has 0 spiro atoms. The largest absolute Gasteiger partial charge is 0.418 e. The van der Waals surface area contributed by atoms with E-state index >= 15 is 0 Å². The highest BCUT2D eigenvalue weighted by atomic mass is 19.4. The number of amides is 1. The monoisotopic (exact) mass is 493 g/mol. The molecule has 2 aromatic heterocycles.